The van der Waals surface area contributed by atoms with Crippen LogP contribution in [0.3, 0.4) is 0 Å². The van der Waals surface area contributed by atoms with Crippen molar-refractivity contribution in [2.75, 3.05) is 31.1 Å². The third-order valence-electron chi connectivity index (χ3n) is 2.69. The van der Waals surface area contributed by atoms with Gasteiger partial charge in [0.05, 0.1) is 5.69 Å². The molecule has 1 aliphatic rings. The van der Waals surface area contributed by atoms with Gasteiger partial charge in [-0.1, -0.05) is 6.92 Å². The van der Waals surface area contributed by atoms with Crippen LogP contribution < -0.4 is 10.2 Å². The van der Waals surface area contributed by atoms with Gasteiger partial charge in [0.2, 0.25) is 0 Å². The van der Waals surface area contributed by atoms with Crippen molar-refractivity contribution < 1.29 is 0 Å². The molecule has 15 heavy (non-hydrogen) atoms. The van der Waals surface area contributed by atoms with E-state index in [-0.39, 0.29) is 0 Å². The molecule has 2 heterocycles. The van der Waals surface area contributed by atoms with E-state index in [2.05, 4.69) is 33.4 Å². The van der Waals surface area contributed by atoms with Gasteiger partial charge in [-0.25, -0.2) is 0 Å². The highest BCUT2D eigenvalue weighted by Gasteiger charge is 2.15. The van der Waals surface area contributed by atoms with Crippen molar-refractivity contribution in [1.29, 1.82) is 0 Å². The third kappa shape index (κ3) is 2.65. The molecule has 1 fully saturated rings. The van der Waals surface area contributed by atoms with Gasteiger partial charge in [-0.05, 0) is 31.5 Å². The zero-order chi connectivity index (χ0) is 10.7. The second kappa shape index (κ2) is 4.57. The largest absolute Gasteiger partial charge is 0.354 e. The van der Waals surface area contributed by atoms with Gasteiger partial charge < -0.3 is 10.2 Å². The lowest BCUT2D eigenvalue weighted by Gasteiger charge is -2.22. The standard InChI is InChI=1S/C11H18N4/c1-9-7-12-5-6-15(8-9)11-4-3-10(2)13-14-11/h3-4,9,12H,5-8H2,1-2H3. The van der Waals surface area contributed by atoms with Gasteiger partial charge in [-0.15, -0.1) is 5.10 Å². The molecule has 82 valence electrons. The minimum Gasteiger partial charge on any atom is -0.354 e. The number of anilines is 1. The van der Waals surface area contributed by atoms with Crippen LogP contribution in [0, 0.1) is 12.8 Å². The predicted molar refractivity (Wildman–Crippen MR) is 61.0 cm³/mol. The fourth-order valence-electron chi connectivity index (χ4n) is 1.86. The van der Waals surface area contributed by atoms with Crippen LogP contribution >= 0.6 is 0 Å². The molecule has 4 heteroatoms. The number of hydrogen-bond acceptors (Lipinski definition) is 4. The summed E-state index contributed by atoms with van der Waals surface area (Å²) in [5.74, 6) is 1.66. The van der Waals surface area contributed by atoms with E-state index in [4.69, 9.17) is 0 Å². The Labute approximate surface area is 90.7 Å². The molecule has 0 saturated carbocycles. The van der Waals surface area contributed by atoms with Crippen LogP contribution in [0.25, 0.3) is 0 Å². The highest BCUT2D eigenvalue weighted by molar-refractivity contribution is 5.37. The smallest absolute Gasteiger partial charge is 0.151 e. The first-order chi connectivity index (χ1) is 7.25. The van der Waals surface area contributed by atoms with Crippen molar-refractivity contribution in [3.8, 4) is 0 Å². The Hall–Kier alpha value is -1.16. The highest BCUT2D eigenvalue weighted by atomic mass is 15.3. The fourth-order valence-corrected chi connectivity index (χ4v) is 1.86. The lowest BCUT2D eigenvalue weighted by molar-refractivity contribution is 0.562. The molecule has 1 unspecified atom stereocenters. The number of aryl methyl sites for hydroxylation is 1. The summed E-state index contributed by atoms with van der Waals surface area (Å²) in [5, 5.41) is 11.7. The van der Waals surface area contributed by atoms with Crippen molar-refractivity contribution in [3.05, 3.63) is 17.8 Å². The molecule has 1 atom stereocenters. The van der Waals surface area contributed by atoms with E-state index in [0.29, 0.717) is 5.92 Å². The van der Waals surface area contributed by atoms with E-state index in [1.807, 2.05) is 13.0 Å². The normalized spacial score (nSPS) is 22.5. The predicted octanol–water partition coefficient (Wildman–Crippen LogP) is 0.831. The summed E-state index contributed by atoms with van der Waals surface area (Å²) in [4.78, 5) is 2.30. The summed E-state index contributed by atoms with van der Waals surface area (Å²) in [6, 6.07) is 4.08. The van der Waals surface area contributed by atoms with E-state index in [1.165, 1.54) is 0 Å². The summed E-state index contributed by atoms with van der Waals surface area (Å²) in [6.07, 6.45) is 0. The summed E-state index contributed by atoms with van der Waals surface area (Å²) < 4.78 is 0. The average molecular weight is 206 g/mol. The summed E-state index contributed by atoms with van der Waals surface area (Å²) in [5.41, 5.74) is 0.972. The van der Waals surface area contributed by atoms with Crippen molar-refractivity contribution >= 4 is 5.82 Å². The molecule has 1 saturated heterocycles. The number of aromatic nitrogens is 2. The molecule has 0 radical (unpaired) electrons. The minimum absolute atomic E-state index is 0.663. The first-order valence-corrected chi connectivity index (χ1v) is 5.51. The molecule has 0 aromatic carbocycles. The Balaban J connectivity index is 2.11. The Morgan fingerprint density at radius 1 is 1.40 bits per heavy atom. The molecule has 1 aromatic rings. The zero-order valence-electron chi connectivity index (χ0n) is 9.40. The first-order valence-electron chi connectivity index (χ1n) is 5.51. The molecule has 0 aliphatic carbocycles. The fraction of sp³-hybridized carbons (Fsp3) is 0.636. The average Bonchev–Trinajstić information content (AvgIpc) is 2.44. The van der Waals surface area contributed by atoms with Crippen molar-refractivity contribution in [3.63, 3.8) is 0 Å². The van der Waals surface area contributed by atoms with Gasteiger partial charge in [0.25, 0.3) is 0 Å². The molecule has 0 amide bonds. The maximum absolute atomic E-state index is 4.23. The molecular weight excluding hydrogens is 188 g/mol. The topological polar surface area (TPSA) is 41.0 Å². The molecule has 1 N–H and O–H groups in total. The number of hydrogen-bond donors (Lipinski definition) is 1. The molecule has 4 nitrogen and oxygen atoms in total. The second-order valence-corrected chi connectivity index (χ2v) is 4.29. The summed E-state index contributed by atoms with van der Waals surface area (Å²) in [6.45, 7) is 8.42. The molecule has 0 bridgehead atoms. The Bertz CT molecular complexity index is 309. The van der Waals surface area contributed by atoms with Crippen LogP contribution in [0.1, 0.15) is 12.6 Å². The van der Waals surface area contributed by atoms with E-state index in [9.17, 15) is 0 Å². The van der Waals surface area contributed by atoms with E-state index < -0.39 is 0 Å². The summed E-state index contributed by atoms with van der Waals surface area (Å²) >= 11 is 0. The van der Waals surface area contributed by atoms with Crippen LogP contribution in [-0.2, 0) is 0 Å². The Morgan fingerprint density at radius 2 is 2.27 bits per heavy atom. The van der Waals surface area contributed by atoms with E-state index in [0.717, 1.165) is 37.7 Å². The highest BCUT2D eigenvalue weighted by Crippen LogP contribution is 2.12. The maximum atomic E-state index is 4.23. The van der Waals surface area contributed by atoms with Crippen LogP contribution in [0.2, 0.25) is 0 Å². The first kappa shape index (κ1) is 10.4. The van der Waals surface area contributed by atoms with Gasteiger partial charge in [0.1, 0.15) is 0 Å². The molecule has 2 rings (SSSR count). The van der Waals surface area contributed by atoms with Gasteiger partial charge >= 0.3 is 0 Å². The van der Waals surface area contributed by atoms with E-state index >= 15 is 0 Å². The van der Waals surface area contributed by atoms with Gasteiger partial charge in [-0.2, -0.15) is 5.10 Å². The van der Waals surface area contributed by atoms with E-state index in [1.54, 1.807) is 0 Å². The van der Waals surface area contributed by atoms with Crippen LogP contribution in [0.4, 0.5) is 5.82 Å². The molecule has 0 spiro atoms. The Morgan fingerprint density at radius 3 is 3.00 bits per heavy atom. The van der Waals surface area contributed by atoms with Crippen molar-refractivity contribution in [2.24, 2.45) is 5.92 Å². The van der Waals surface area contributed by atoms with Gasteiger partial charge in [0, 0.05) is 19.6 Å². The van der Waals surface area contributed by atoms with Gasteiger partial charge in [0.15, 0.2) is 5.82 Å². The maximum Gasteiger partial charge on any atom is 0.151 e. The quantitative estimate of drug-likeness (QED) is 0.739. The lowest BCUT2D eigenvalue weighted by Crippen LogP contribution is -2.30. The minimum atomic E-state index is 0.663. The molecular formula is C11H18N4. The zero-order valence-corrected chi connectivity index (χ0v) is 9.40. The van der Waals surface area contributed by atoms with Crippen molar-refractivity contribution in [2.45, 2.75) is 13.8 Å². The van der Waals surface area contributed by atoms with Crippen LogP contribution in [0.5, 0.6) is 0 Å². The van der Waals surface area contributed by atoms with Crippen LogP contribution in [0.15, 0.2) is 12.1 Å². The van der Waals surface area contributed by atoms with Crippen LogP contribution in [-0.4, -0.2) is 36.4 Å². The third-order valence-corrected chi connectivity index (χ3v) is 2.69. The van der Waals surface area contributed by atoms with Crippen molar-refractivity contribution in [1.82, 2.24) is 15.5 Å². The SMILES string of the molecule is Cc1ccc(N2CCNCC(C)C2)nn1. The second-order valence-electron chi connectivity index (χ2n) is 4.29. The Kier molecular flexibility index (Phi) is 3.16. The molecule has 1 aliphatic heterocycles. The number of nitrogens with one attached hydrogen (secondary N) is 1. The van der Waals surface area contributed by atoms with Gasteiger partial charge in [-0.3, -0.25) is 0 Å². The lowest BCUT2D eigenvalue weighted by atomic mass is 10.2. The molecule has 1 aromatic heterocycles. The monoisotopic (exact) mass is 206 g/mol. The summed E-state index contributed by atoms with van der Waals surface area (Å²) in [7, 11) is 0. The number of nitrogens with zero attached hydrogens (tertiary/aromatic N) is 3. The number of rotatable bonds is 1.